The van der Waals surface area contributed by atoms with Crippen LogP contribution in [0.25, 0.3) is 11.1 Å². The zero-order valence-corrected chi connectivity index (χ0v) is 12.4. The predicted octanol–water partition coefficient (Wildman–Crippen LogP) is 4.16. The van der Waals surface area contributed by atoms with Crippen molar-refractivity contribution in [2.45, 2.75) is 20.8 Å². The monoisotopic (exact) mass is 282 g/mol. The summed E-state index contributed by atoms with van der Waals surface area (Å²) in [4.78, 5) is 11.6. The van der Waals surface area contributed by atoms with Gasteiger partial charge in [-0.3, -0.25) is 0 Å². The highest BCUT2D eigenvalue weighted by Crippen LogP contribution is 2.30. The quantitative estimate of drug-likeness (QED) is 0.522. The summed E-state index contributed by atoms with van der Waals surface area (Å²) < 4.78 is 5.32. The number of carbonyl (C=O) groups excluding carboxylic acids is 1. The van der Waals surface area contributed by atoms with E-state index in [0.29, 0.717) is 11.3 Å². The van der Waals surface area contributed by atoms with E-state index < -0.39 is 5.97 Å². The third-order valence-electron chi connectivity index (χ3n) is 3.28. The third kappa shape index (κ3) is 3.31. The molecule has 1 N–H and O–H groups in total. The molecule has 0 aliphatic carbocycles. The van der Waals surface area contributed by atoms with E-state index in [1.807, 2.05) is 38.1 Å². The minimum Gasteiger partial charge on any atom is -0.508 e. The molecular formula is C18H18O3. The summed E-state index contributed by atoms with van der Waals surface area (Å²) in [6.07, 6.45) is 0. The molecule has 0 aromatic heterocycles. The van der Waals surface area contributed by atoms with Gasteiger partial charge in [0, 0.05) is 5.57 Å². The Morgan fingerprint density at radius 3 is 2.19 bits per heavy atom. The molecule has 3 heteroatoms. The second-order valence-electron chi connectivity index (χ2n) is 5.15. The topological polar surface area (TPSA) is 46.5 Å². The van der Waals surface area contributed by atoms with Gasteiger partial charge in [0.1, 0.15) is 11.5 Å². The number of hydrogen-bond acceptors (Lipinski definition) is 3. The van der Waals surface area contributed by atoms with Gasteiger partial charge < -0.3 is 9.84 Å². The summed E-state index contributed by atoms with van der Waals surface area (Å²) >= 11 is 0. The molecule has 2 rings (SSSR count). The van der Waals surface area contributed by atoms with Crippen LogP contribution in [0.2, 0.25) is 0 Å². The van der Waals surface area contributed by atoms with E-state index in [0.717, 1.165) is 22.3 Å². The normalized spacial score (nSPS) is 10.2. The zero-order chi connectivity index (χ0) is 15.6. The average molecular weight is 282 g/mol. The molecule has 0 radical (unpaired) electrons. The molecule has 0 saturated heterocycles. The first-order valence-corrected chi connectivity index (χ1v) is 6.67. The van der Waals surface area contributed by atoms with Gasteiger partial charge in [0.15, 0.2) is 0 Å². The molecule has 2 aromatic carbocycles. The van der Waals surface area contributed by atoms with E-state index in [-0.39, 0.29) is 5.75 Å². The highest BCUT2D eigenvalue weighted by Gasteiger charge is 2.10. The molecule has 2 aromatic rings. The molecule has 3 nitrogen and oxygen atoms in total. The van der Waals surface area contributed by atoms with Crippen molar-refractivity contribution in [3.63, 3.8) is 0 Å². The minimum atomic E-state index is -0.443. The van der Waals surface area contributed by atoms with Crippen LogP contribution < -0.4 is 4.74 Å². The van der Waals surface area contributed by atoms with Crippen molar-refractivity contribution < 1.29 is 14.6 Å². The van der Waals surface area contributed by atoms with Crippen LogP contribution in [-0.2, 0) is 4.79 Å². The van der Waals surface area contributed by atoms with Crippen LogP contribution >= 0.6 is 0 Å². The number of ether oxygens (including phenoxy) is 1. The molecule has 0 atom stereocenters. The smallest absolute Gasteiger partial charge is 0.338 e. The van der Waals surface area contributed by atoms with E-state index in [4.69, 9.17) is 4.74 Å². The number of rotatable bonds is 3. The number of esters is 1. The van der Waals surface area contributed by atoms with Gasteiger partial charge in [-0.25, -0.2) is 4.79 Å². The van der Waals surface area contributed by atoms with Crippen LogP contribution in [0.15, 0.2) is 48.6 Å². The Morgan fingerprint density at radius 1 is 1.05 bits per heavy atom. The average Bonchev–Trinajstić information content (AvgIpc) is 2.44. The highest BCUT2D eigenvalue weighted by atomic mass is 16.5. The molecule has 21 heavy (non-hydrogen) atoms. The standard InChI is InChI=1S/C18H18O3/c1-11(2)18(20)21-17-10-15(8-6-13(17)4)14-7-5-12(3)16(19)9-14/h5-10,19H,1H2,2-4H3. The van der Waals surface area contributed by atoms with Crippen molar-refractivity contribution in [3.8, 4) is 22.6 Å². The van der Waals surface area contributed by atoms with Crippen LogP contribution in [0, 0.1) is 13.8 Å². The Morgan fingerprint density at radius 2 is 1.62 bits per heavy atom. The predicted molar refractivity (Wildman–Crippen MR) is 83.5 cm³/mol. The molecule has 0 aliphatic heterocycles. The number of aromatic hydroxyl groups is 1. The lowest BCUT2D eigenvalue weighted by atomic mass is 10.0. The zero-order valence-electron chi connectivity index (χ0n) is 12.4. The molecule has 0 bridgehead atoms. The van der Waals surface area contributed by atoms with Crippen LogP contribution in [0.5, 0.6) is 11.5 Å². The number of benzene rings is 2. The lowest BCUT2D eigenvalue weighted by Crippen LogP contribution is -2.09. The molecule has 0 aliphatic rings. The lowest BCUT2D eigenvalue weighted by Gasteiger charge is -2.10. The van der Waals surface area contributed by atoms with E-state index >= 15 is 0 Å². The number of carbonyl (C=O) groups is 1. The Hall–Kier alpha value is -2.55. The van der Waals surface area contributed by atoms with Gasteiger partial charge in [0.05, 0.1) is 0 Å². The fourth-order valence-corrected chi connectivity index (χ4v) is 1.87. The third-order valence-corrected chi connectivity index (χ3v) is 3.28. The molecule has 0 fully saturated rings. The Balaban J connectivity index is 2.40. The summed E-state index contributed by atoms with van der Waals surface area (Å²) in [7, 11) is 0. The van der Waals surface area contributed by atoms with Crippen molar-refractivity contribution >= 4 is 5.97 Å². The van der Waals surface area contributed by atoms with Crippen molar-refractivity contribution in [1.29, 1.82) is 0 Å². The molecule has 108 valence electrons. The van der Waals surface area contributed by atoms with Gasteiger partial charge in [-0.2, -0.15) is 0 Å². The lowest BCUT2D eigenvalue weighted by molar-refractivity contribution is -0.130. The summed E-state index contributed by atoms with van der Waals surface area (Å²) in [6, 6.07) is 11.1. The maximum atomic E-state index is 11.6. The van der Waals surface area contributed by atoms with Gasteiger partial charge in [-0.15, -0.1) is 0 Å². The fourth-order valence-electron chi connectivity index (χ4n) is 1.87. The van der Waals surface area contributed by atoms with Gasteiger partial charge in [0.25, 0.3) is 0 Å². The van der Waals surface area contributed by atoms with Gasteiger partial charge in [0.2, 0.25) is 0 Å². The SMILES string of the molecule is C=C(C)C(=O)Oc1cc(-c2ccc(C)c(O)c2)ccc1C. The van der Waals surface area contributed by atoms with E-state index in [1.165, 1.54) is 0 Å². The number of hydrogen-bond donors (Lipinski definition) is 1. The van der Waals surface area contributed by atoms with Gasteiger partial charge >= 0.3 is 5.97 Å². The van der Waals surface area contributed by atoms with E-state index in [9.17, 15) is 9.90 Å². The summed E-state index contributed by atoms with van der Waals surface area (Å²) in [5.41, 5.74) is 3.78. The van der Waals surface area contributed by atoms with E-state index in [1.54, 1.807) is 19.1 Å². The first kappa shape index (κ1) is 14.9. The van der Waals surface area contributed by atoms with Crippen molar-refractivity contribution in [2.24, 2.45) is 0 Å². The largest absolute Gasteiger partial charge is 0.508 e. The molecular weight excluding hydrogens is 264 g/mol. The van der Waals surface area contributed by atoms with Crippen LogP contribution in [0.3, 0.4) is 0 Å². The van der Waals surface area contributed by atoms with Crippen molar-refractivity contribution in [3.05, 3.63) is 59.7 Å². The highest BCUT2D eigenvalue weighted by molar-refractivity contribution is 5.89. The maximum absolute atomic E-state index is 11.6. The van der Waals surface area contributed by atoms with Crippen LogP contribution in [0.4, 0.5) is 0 Å². The molecule has 0 heterocycles. The second kappa shape index (κ2) is 5.83. The number of phenols is 1. The number of phenolic OH excluding ortho intramolecular Hbond substituents is 1. The van der Waals surface area contributed by atoms with Crippen molar-refractivity contribution in [2.75, 3.05) is 0 Å². The molecule has 0 amide bonds. The molecule has 0 unspecified atom stereocenters. The second-order valence-corrected chi connectivity index (χ2v) is 5.15. The molecule has 0 spiro atoms. The fraction of sp³-hybridized carbons (Fsp3) is 0.167. The molecule has 0 saturated carbocycles. The first-order valence-electron chi connectivity index (χ1n) is 6.67. The summed E-state index contributed by atoms with van der Waals surface area (Å²) in [6.45, 7) is 8.90. The van der Waals surface area contributed by atoms with Crippen LogP contribution in [-0.4, -0.2) is 11.1 Å². The van der Waals surface area contributed by atoms with Gasteiger partial charge in [-0.05, 0) is 55.2 Å². The summed E-state index contributed by atoms with van der Waals surface area (Å²) in [5.74, 6) is 0.302. The Labute approximate surface area is 124 Å². The minimum absolute atomic E-state index is 0.244. The summed E-state index contributed by atoms with van der Waals surface area (Å²) in [5, 5.41) is 9.81. The first-order chi connectivity index (χ1) is 9.88. The van der Waals surface area contributed by atoms with Gasteiger partial charge in [-0.1, -0.05) is 30.8 Å². The van der Waals surface area contributed by atoms with E-state index in [2.05, 4.69) is 6.58 Å². The maximum Gasteiger partial charge on any atom is 0.338 e. The van der Waals surface area contributed by atoms with Crippen molar-refractivity contribution in [1.82, 2.24) is 0 Å². The van der Waals surface area contributed by atoms with Crippen LogP contribution in [0.1, 0.15) is 18.1 Å². The Bertz CT molecular complexity index is 714. The number of aryl methyl sites for hydroxylation is 2. The Kier molecular flexibility index (Phi) is 4.13.